The van der Waals surface area contributed by atoms with E-state index in [-0.39, 0.29) is 6.04 Å². The second-order valence-corrected chi connectivity index (χ2v) is 3.49. The first-order valence-corrected chi connectivity index (χ1v) is 4.42. The molecule has 0 amide bonds. The summed E-state index contributed by atoms with van der Waals surface area (Å²) in [5, 5.41) is 0. The molecule has 0 heterocycles. The van der Waals surface area contributed by atoms with Crippen molar-refractivity contribution in [2.75, 3.05) is 0 Å². The lowest BCUT2D eigenvalue weighted by Crippen LogP contribution is -2.18. The molecule has 84 valence electrons. The number of alkyl halides is 3. The van der Waals surface area contributed by atoms with Crippen molar-refractivity contribution < 1.29 is 17.6 Å². The molecule has 0 bridgehead atoms. The number of hydrogen-bond donors (Lipinski definition) is 1. The molecule has 0 unspecified atom stereocenters. The zero-order valence-corrected chi connectivity index (χ0v) is 8.11. The zero-order chi connectivity index (χ0) is 11.6. The summed E-state index contributed by atoms with van der Waals surface area (Å²) in [6.07, 6.45) is -4.29. The van der Waals surface area contributed by atoms with Crippen molar-refractivity contribution in [3.63, 3.8) is 0 Å². The topological polar surface area (TPSA) is 26.0 Å². The summed E-state index contributed by atoms with van der Waals surface area (Å²) >= 11 is 0. The molecule has 0 aliphatic heterocycles. The van der Waals surface area contributed by atoms with Crippen LogP contribution in [0.4, 0.5) is 17.6 Å². The van der Waals surface area contributed by atoms with Gasteiger partial charge in [-0.2, -0.15) is 13.2 Å². The second-order valence-electron chi connectivity index (χ2n) is 3.49. The van der Waals surface area contributed by atoms with Crippen LogP contribution in [0.3, 0.4) is 0 Å². The maximum absolute atomic E-state index is 13.0. The lowest BCUT2D eigenvalue weighted by molar-refractivity contribution is -0.140. The number of halogens is 4. The molecule has 1 aromatic carbocycles. The third-order valence-electron chi connectivity index (χ3n) is 1.90. The van der Waals surface area contributed by atoms with E-state index in [1.807, 2.05) is 0 Å². The highest BCUT2D eigenvalue weighted by Crippen LogP contribution is 2.31. The van der Waals surface area contributed by atoms with Crippen LogP contribution in [0.25, 0.3) is 0 Å². The van der Waals surface area contributed by atoms with Crippen LogP contribution in [0.2, 0.25) is 0 Å². The van der Waals surface area contributed by atoms with E-state index >= 15 is 0 Å². The standard InChI is InChI=1S/C10H11F4N/c1-6(15)4-7-2-3-8(9(11)5-7)10(12,13)14/h2-3,5-6H,4,15H2,1H3/t6-/m1/s1. The zero-order valence-electron chi connectivity index (χ0n) is 8.11. The van der Waals surface area contributed by atoms with Crippen LogP contribution in [-0.4, -0.2) is 6.04 Å². The number of hydrogen-bond acceptors (Lipinski definition) is 1. The molecule has 0 saturated heterocycles. The van der Waals surface area contributed by atoms with E-state index in [0.29, 0.717) is 12.0 Å². The predicted molar refractivity (Wildman–Crippen MR) is 48.8 cm³/mol. The van der Waals surface area contributed by atoms with Gasteiger partial charge in [-0.15, -0.1) is 0 Å². The van der Waals surface area contributed by atoms with E-state index in [2.05, 4.69) is 0 Å². The SMILES string of the molecule is C[C@@H](N)Cc1ccc(C(F)(F)F)c(F)c1. The van der Waals surface area contributed by atoms with Crippen LogP contribution in [0.1, 0.15) is 18.1 Å². The molecule has 2 N–H and O–H groups in total. The average molecular weight is 221 g/mol. The quantitative estimate of drug-likeness (QED) is 0.763. The highest BCUT2D eigenvalue weighted by atomic mass is 19.4. The molecule has 1 nitrogen and oxygen atoms in total. The lowest BCUT2D eigenvalue weighted by Gasteiger charge is -2.10. The van der Waals surface area contributed by atoms with Crippen molar-refractivity contribution >= 4 is 0 Å². The van der Waals surface area contributed by atoms with Crippen LogP contribution in [0.15, 0.2) is 18.2 Å². The molecule has 0 saturated carbocycles. The van der Waals surface area contributed by atoms with Crippen molar-refractivity contribution in [3.8, 4) is 0 Å². The third kappa shape index (κ3) is 3.20. The molecule has 15 heavy (non-hydrogen) atoms. The first kappa shape index (κ1) is 12.0. The molecular formula is C10H11F4N. The summed E-state index contributed by atoms with van der Waals surface area (Å²) in [4.78, 5) is 0. The van der Waals surface area contributed by atoms with Gasteiger partial charge in [-0.25, -0.2) is 4.39 Å². The van der Waals surface area contributed by atoms with E-state index in [4.69, 9.17) is 5.73 Å². The molecule has 0 spiro atoms. The minimum absolute atomic E-state index is 0.207. The lowest BCUT2D eigenvalue weighted by atomic mass is 10.0. The van der Waals surface area contributed by atoms with Crippen molar-refractivity contribution in [3.05, 3.63) is 35.1 Å². The second kappa shape index (κ2) is 4.18. The Morgan fingerprint density at radius 2 is 1.93 bits per heavy atom. The summed E-state index contributed by atoms with van der Waals surface area (Å²) in [5.41, 5.74) is 4.68. The Hall–Kier alpha value is -1.10. The van der Waals surface area contributed by atoms with Gasteiger partial charge in [0.1, 0.15) is 5.82 Å². The molecule has 0 radical (unpaired) electrons. The summed E-state index contributed by atoms with van der Waals surface area (Å²) in [6, 6.07) is 2.66. The highest BCUT2D eigenvalue weighted by Gasteiger charge is 2.33. The summed E-state index contributed by atoms with van der Waals surface area (Å²) in [6.45, 7) is 1.70. The van der Waals surface area contributed by atoms with Gasteiger partial charge < -0.3 is 5.73 Å². The van der Waals surface area contributed by atoms with Crippen molar-refractivity contribution in [1.29, 1.82) is 0 Å². The van der Waals surface area contributed by atoms with E-state index in [1.54, 1.807) is 6.92 Å². The fourth-order valence-corrected chi connectivity index (χ4v) is 1.29. The van der Waals surface area contributed by atoms with Gasteiger partial charge in [0.25, 0.3) is 0 Å². The van der Waals surface area contributed by atoms with Gasteiger partial charge in [0.05, 0.1) is 5.56 Å². The van der Waals surface area contributed by atoms with Gasteiger partial charge in [-0.05, 0) is 31.0 Å². The molecule has 1 aromatic rings. The monoisotopic (exact) mass is 221 g/mol. The Kier molecular flexibility index (Phi) is 3.34. The Bertz CT molecular complexity index is 344. The highest BCUT2D eigenvalue weighted by molar-refractivity contribution is 5.27. The largest absolute Gasteiger partial charge is 0.419 e. The Morgan fingerprint density at radius 3 is 2.33 bits per heavy atom. The molecule has 5 heteroatoms. The van der Waals surface area contributed by atoms with Gasteiger partial charge in [0.15, 0.2) is 0 Å². The van der Waals surface area contributed by atoms with Crippen LogP contribution < -0.4 is 5.73 Å². The Morgan fingerprint density at radius 1 is 1.33 bits per heavy atom. The van der Waals surface area contributed by atoms with Crippen molar-refractivity contribution in [2.45, 2.75) is 25.6 Å². The fraction of sp³-hybridized carbons (Fsp3) is 0.400. The van der Waals surface area contributed by atoms with Crippen LogP contribution in [0.5, 0.6) is 0 Å². The van der Waals surface area contributed by atoms with Crippen LogP contribution >= 0.6 is 0 Å². The molecule has 1 rings (SSSR count). The van der Waals surface area contributed by atoms with E-state index < -0.39 is 17.6 Å². The Balaban J connectivity index is 2.99. The maximum atomic E-state index is 13.0. The average Bonchev–Trinajstić information content (AvgIpc) is 1.99. The van der Waals surface area contributed by atoms with Gasteiger partial charge in [-0.1, -0.05) is 6.07 Å². The summed E-state index contributed by atoms with van der Waals surface area (Å²) in [5.74, 6) is -1.25. The van der Waals surface area contributed by atoms with Gasteiger partial charge in [-0.3, -0.25) is 0 Å². The molecular weight excluding hydrogens is 210 g/mol. The number of rotatable bonds is 2. The van der Waals surface area contributed by atoms with Crippen molar-refractivity contribution in [2.24, 2.45) is 5.73 Å². The Labute approximate surface area is 84.9 Å². The minimum Gasteiger partial charge on any atom is -0.328 e. The van der Waals surface area contributed by atoms with Gasteiger partial charge >= 0.3 is 6.18 Å². The van der Waals surface area contributed by atoms with Crippen LogP contribution in [-0.2, 0) is 12.6 Å². The van der Waals surface area contributed by atoms with Gasteiger partial charge in [0, 0.05) is 6.04 Å². The maximum Gasteiger partial charge on any atom is 0.419 e. The van der Waals surface area contributed by atoms with Crippen molar-refractivity contribution in [1.82, 2.24) is 0 Å². The number of benzene rings is 1. The molecule has 0 fully saturated rings. The fourth-order valence-electron chi connectivity index (χ4n) is 1.29. The van der Waals surface area contributed by atoms with E-state index in [0.717, 1.165) is 12.1 Å². The predicted octanol–water partition coefficient (Wildman–Crippen LogP) is 2.73. The van der Waals surface area contributed by atoms with Gasteiger partial charge in [0.2, 0.25) is 0 Å². The molecule has 1 atom stereocenters. The first-order valence-electron chi connectivity index (χ1n) is 4.42. The molecule has 0 aliphatic carbocycles. The third-order valence-corrected chi connectivity index (χ3v) is 1.90. The molecule has 0 aliphatic rings. The smallest absolute Gasteiger partial charge is 0.328 e. The van der Waals surface area contributed by atoms with E-state index in [9.17, 15) is 17.6 Å². The number of nitrogens with two attached hydrogens (primary N) is 1. The first-order chi connectivity index (χ1) is 6.80. The normalized spacial score (nSPS) is 14.0. The van der Waals surface area contributed by atoms with E-state index in [1.165, 1.54) is 6.07 Å². The summed E-state index contributed by atoms with van der Waals surface area (Å²) in [7, 11) is 0. The van der Waals surface area contributed by atoms with Crippen LogP contribution in [0, 0.1) is 5.82 Å². The molecule has 0 aromatic heterocycles. The minimum atomic E-state index is -4.64. The summed E-state index contributed by atoms with van der Waals surface area (Å²) < 4.78 is 49.6.